The quantitative estimate of drug-likeness (QED) is 0.727. The van der Waals surface area contributed by atoms with Gasteiger partial charge in [-0.2, -0.15) is 0 Å². The lowest BCUT2D eigenvalue weighted by molar-refractivity contribution is 0.142. The molecule has 2 heteroatoms. The molecule has 0 radical (unpaired) electrons. The van der Waals surface area contributed by atoms with Crippen molar-refractivity contribution in [1.29, 1.82) is 0 Å². The third kappa shape index (κ3) is 5.49. The van der Waals surface area contributed by atoms with E-state index >= 15 is 0 Å². The van der Waals surface area contributed by atoms with E-state index in [2.05, 4.69) is 55.5 Å². The Morgan fingerprint density at radius 3 is 1.65 bits per heavy atom. The summed E-state index contributed by atoms with van der Waals surface area (Å²) in [5.41, 5.74) is 5.22. The summed E-state index contributed by atoms with van der Waals surface area (Å²) in [7, 11) is 0. The van der Waals surface area contributed by atoms with Crippen LogP contribution in [0, 0.1) is 5.92 Å². The van der Waals surface area contributed by atoms with E-state index in [1.807, 2.05) is 0 Å². The van der Waals surface area contributed by atoms with Gasteiger partial charge in [0.1, 0.15) is 0 Å². The summed E-state index contributed by atoms with van der Waals surface area (Å²) < 4.78 is 0. The summed E-state index contributed by atoms with van der Waals surface area (Å²) >= 11 is 0. The van der Waals surface area contributed by atoms with Crippen molar-refractivity contribution in [2.45, 2.75) is 39.0 Å². The summed E-state index contributed by atoms with van der Waals surface area (Å²) in [6.45, 7) is 2.35. The average molecular weight is 312 g/mol. The molecule has 2 rings (SSSR count). The number of aliphatic hydroxyl groups is 2. The van der Waals surface area contributed by atoms with Crippen molar-refractivity contribution >= 4 is 0 Å². The average Bonchev–Trinajstić information content (AvgIpc) is 2.60. The summed E-state index contributed by atoms with van der Waals surface area (Å²) in [6, 6.07) is 17.6. The second-order valence-electron chi connectivity index (χ2n) is 6.27. The number of benzene rings is 2. The summed E-state index contributed by atoms with van der Waals surface area (Å²) in [4.78, 5) is 0. The van der Waals surface area contributed by atoms with Crippen molar-refractivity contribution < 1.29 is 10.2 Å². The number of hydrogen-bond acceptors (Lipinski definition) is 2. The Kier molecular flexibility index (Phi) is 7.31. The highest BCUT2D eigenvalue weighted by molar-refractivity contribution is 5.63. The molecule has 0 saturated heterocycles. The van der Waals surface area contributed by atoms with Gasteiger partial charge in [-0.3, -0.25) is 0 Å². The molecule has 0 heterocycles. The van der Waals surface area contributed by atoms with E-state index in [1.54, 1.807) is 0 Å². The molecular weight excluding hydrogens is 284 g/mol. The van der Waals surface area contributed by atoms with Gasteiger partial charge in [0.15, 0.2) is 0 Å². The largest absolute Gasteiger partial charge is 0.396 e. The minimum Gasteiger partial charge on any atom is -0.396 e. The third-order valence-corrected chi connectivity index (χ3v) is 4.37. The fourth-order valence-electron chi connectivity index (χ4n) is 2.85. The topological polar surface area (TPSA) is 40.5 Å². The van der Waals surface area contributed by atoms with Gasteiger partial charge in [0.2, 0.25) is 0 Å². The fourth-order valence-corrected chi connectivity index (χ4v) is 2.85. The predicted molar refractivity (Wildman–Crippen MR) is 96.5 cm³/mol. The first-order chi connectivity index (χ1) is 11.3. The Bertz CT molecular complexity index is 553. The molecule has 2 nitrogen and oxygen atoms in total. The van der Waals surface area contributed by atoms with Gasteiger partial charge < -0.3 is 10.2 Å². The molecule has 0 aliphatic heterocycles. The van der Waals surface area contributed by atoms with Gasteiger partial charge >= 0.3 is 0 Å². The van der Waals surface area contributed by atoms with E-state index in [9.17, 15) is 0 Å². The molecule has 0 aliphatic carbocycles. The van der Waals surface area contributed by atoms with Gasteiger partial charge in [-0.15, -0.1) is 0 Å². The van der Waals surface area contributed by atoms with Crippen molar-refractivity contribution in [3.8, 4) is 11.1 Å². The smallest absolute Gasteiger partial charge is 0.0481 e. The van der Waals surface area contributed by atoms with Crippen LogP contribution in [0.5, 0.6) is 0 Å². The highest BCUT2D eigenvalue weighted by atomic mass is 16.3. The van der Waals surface area contributed by atoms with E-state index in [0.717, 1.165) is 25.7 Å². The van der Waals surface area contributed by atoms with E-state index in [0.29, 0.717) is 0 Å². The molecule has 2 aromatic rings. The minimum atomic E-state index is 0.0240. The van der Waals surface area contributed by atoms with E-state index < -0.39 is 0 Å². The second kappa shape index (κ2) is 9.49. The van der Waals surface area contributed by atoms with Gasteiger partial charge in [0, 0.05) is 19.1 Å². The molecule has 0 saturated carbocycles. The molecule has 0 bridgehead atoms. The molecule has 0 unspecified atom stereocenters. The van der Waals surface area contributed by atoms with Gasteiger partial charge in [0.25, 0.3) is 0 Å². The molecule has 0 spiro atoms. The Morgan fingerprint density at radius 2 is 1.22 bits per heavy atom. The van der Waals surface area contributed by atoms with Gasteiger partial charge in [-0.05, 0) is 47.9 Å². The Hall–Kier alpha value is -1.64. The highest BCUT2D eigenvalue weighted by Crippen LogP contribution is 2.21. The van der Waals surface area contributed by atoms with Crippen molar-refractivity contribution in [3.05, 3.63) is 59.7 Å². The second-order valence-corrected chi connectivity index (χ2v) is 6.27. The van der Waals surface area contributed by atoms with Gasteiger partial charge in [0.05, 0.1) is 0 Å². The first-order valence-corrected chi connectivity index (χ1v) is 8.66. The maximum Gasteiger partial charge on any atom is 0.0481 e. The van der Waals surface area contributed by atoms with Crippen LogP contribution in [0.15, 0.2) is 48.5 Å². The van der Waals surface area contributed by atoms with Crippen LogP contribution in [0.3, 0.4) is 0 Å². The minimum absolute atomic E-state index is 0.0240. The van der Waals surface area contributed by atoms with Crippen LogP contribution in [0.1, 0.15) is 37.3 Å². The standard InChI is InChI=1S/C21H28O2/c1-2-4-17-7-11-20(12-8-17)21-13-9-18(10-14-21)5-3-6-19(15-22)16-23/h7-14,19,22-23H,2-6,15-16H2,1H3. The molecule has 0 aliphatic rings. The maximum atomic E-state index is 9.08. The molecule has 124 valence electrons. The molecule has 2 N–H and O–H groups in total. The SMILES string of the molecule is CCCc1ccc(-c2ccc(CCCC(CO)CO)cc2)cc1. The van der Waals surface area contributed by atoms with Crippen LogP contribution in [0.25, 0.3) is 11.1 Å². The normalized spacial score (nSPS) is 11.1. The van der Waals surface area contributed by atoms with Crippen molar-refractivity contribution in [2.24, 2.45) is 5.92 Å². The summed E-state index contributed by atoms with van der Waals surface area (Å²) in [6.07, 6.45) is 5.18. The van der Waals surface area contributed by atoms with Crippen LogP contribution in [0.2, 0.25) is 0 Å². The van der Waals surface area contributed by atoms with Gasteiger partial charge in [-0.25, -0.2) is 0 Å². The summed E-state index contributed by atoms with van der Waals surface area (Å²) in [5.74, 6) is 0.0240. The molecular formula is C21H28O2. The van der Waals surface area contributed by atoms with Crippen molar-refractivity contribution in [3.63, 3.8) is 0 Å². The first kappa shape index (κ1) is 17.7. The Morgan fingerprint density at radius 1 is 0.739 bits per heavy atom. The molecule has 2 aromatic carbocycles. The van der Waals surface area contributed by atoms with Crippen LogP contribution in [-0.4, -0.2) is 23.4 Å². The Labute approximate surface area is 139 Å². The van der Waals surface area contributed by atoms with Crippen LogP contribution >= 0.6 is 0 Å². The monoisotopic (exact) mass is 312 g/mol. The zero-order valence-corrected chi connectivity index (χ0v) is 14.0. The predicted octanol–water partition coefficient (Wildman–Crippen LogP) is 4.23. The molecule has 23 heavy (non-hydrogen) atoms. The lowest BCUT2D eigenvalue weighted by atomic mass is 9.98. The lowest BCUT2D eigenvalue weighted by Crippen LogP contribution is -2.10. The lowest BCUT2D eigenvalue weighted by Gasteiger charge is -2.10. The first-order valence-electron chi connectivity index (χ1n) is 8.66. The molecule has 0 amide bonds. The number of hydrogen-bond donors (Lipinski definition) is 2. The van der Waals surface area contributed by atoms with E-state index in [-0.39, 0.29) is 19.1 Å². The zero-order chi connectivity index (χ0) is 16.5. The Balaban J connectivity index is 1.91. The molecule has 0 fully saturated rings. The van der Waals surface area contributed by atoms with Crippen LogP contribution < -0.4 is 0 Å². The zero-order valence-electron chi connectivity index (χ0n) is 14.0. The number of rotatable bonds is 9. The van der Waals surface area contributed by atoms with E-state index in [4.69, 9.17) is 10.2 Å². The van der Waals surface area contributed by atoms with Crippen molar-refractivity contribution in [1.82, 2.24) is 0 Å². The molecule has 0 aromatic heterocycles. The van der Waals surface area contributed by atoms with Crippen LogP contribution in [0.4, 0.5) is 0 Å². The van der Waals surface area contributed by atoms with Gasteiger partial charge in [-0.1, -0.05) is 61.9 Å². The molecule has 0 atom stereocenters. The highest BCUT2D eigenvalue weighted by Gasteiger charge is 2.05. The van der Waals surface area contributed by atoms with Crippen LogP contribution in [-0.2, 0) is 12.8 Å². The van der Waals surface area contributed by atoms with E-state index in [1.165, 1.54) is 28.7 Å². The van der Waals surface area contributed by atoms with Crippen molar-refractivity contribution in [2.75, 3.05) is 13.2 Å². The number of aryl methyl sites for hydroxylation is 2. The number of aliphatic hydroxyl groups excluding tert-OH is 2. The maximum absolute atomic E-state index is 9.08. The third-order valence-electron chi connectivity index (χ3n) is 4.37. The summed E-state index contributed by atoms with van der Waals surface area (Å²) in [5, 5.41) is 18.2. The fraction of sp³-hybridized carbons (Fsp3) is 0.429.